The van der Waals surface area contributed by atoms with E-state index in [1.165, 1.54) is 6.92 Å². The number of nitrogens with one attached hydrogen (secondary N) is 1. The molecule has 0 bridgehead atoms. The number of Topliss-reactive ketones (excluding diaryl/α,β-unsaturated/α-hetero) is 1. The maximum atomic E-state index is 10.8. The van der Waals surface area contributed by atoms with Gasteiger partial charge in [-0.05, 0) is 12.1 Å². The van der Waals surface area contributed by atoms with Crippen LogP contribution in [0.1, 0.15) is 33.4 Å². The van der Waals surface area contributed by atoms with Gasteiger partial charge in [-0.1, -0.05) is 25.9 Å². The summed E-state index contributed by atoms with van der Waals surface area (Å²) < 4.78 is 4.63. The van der Waals surface area contributed by atoms with E-state index in [9.17, 15) is 4.79 Å². The SMILES string of the molecule is CC(=O)CNc1nonc1C(C)(C)C. The van der Waals surface area contributed by atoms with Gasteiger partial charge in [-0.25, -0.2) is 4.63 Å². The summed E-state index contributed by atoms with van der Waals surface area (Å²) in [5, 5.41) is 10.4. The highest BCUT2D eigenvalue weighted by molar-refractivity contribution is 5.80. The van der Waals surface area contributed by atoms with Crippen LogP contribution < -0.4 is 5.32 Å². The standard InChI is InChI=1S/C9H15N3O2/c1-6(13)5-10-8-7(9(2,3)4)11-14-12-8/h5H2,1-4H3,(H,10,12). The van der Waals surface area contributed by atoms with Crippen molar-refractivity contribution < 1.29 is 9.42 Å². The minimum atomic E-state index is -0.140. The van der Waals surface area contributed by atoms with Crippen LogP contribution in [0.25, 0.3) is 0 Å². The van der Waals surface area contributed by atoms with E-state index in [4.69, 9.17) is 0 Å². The van der Waals surface area contributed by atoms with Gasteiger partial charge in [-0.2, -0.15) is 0 Å². The molecule has 1 aromatic heterocycles. The molecule has 0 spiro atoms. The van der Waals surface area contributed by atoms with Gasteiger partial charge in [0.05, 0.1) is 6.54 Å². The molecule has 0 amide bonds. The number of aromatic nitrogens is 2. The molecule has 1 rings (SSSR count). The summed E-state index contributed by atoms with van der Waals surface area (Å²) in [4.78, 5) is 10.8. The Kier molecular flexibility index (Phi) is 2.88. The first-order valence-corrected chi connectivity index (χ1v) is 4.47. The van der Waals surface area contributed by atoms with E-state index in [-0.39, 0.29) is 17.7 Å². The predicted octanol–water partition coefficient (Wildman–Crippen LogP) is 1.37. The lowest BCUT2D eigenvalue weighted by molar-refractivity contribution is -0.115. The first-order valence-electron chi connectivity index (χ1n) is 4.47. The number of carbonyl (C=O) groups is 1. The second-order valence-electron chi connectivity index (χ2n) is 4.27. The molecule has 0 unspecified atom stereocenters. The molecule has 5 nitrogen and oxygen atoms in total. The fourth-order valence-corrected chi connectivity index (χ4v) is 1.00. The minimum absolute atomic E-state index is 0.0489. The molecular weight excluding hydrogens is 182 g/mol. The quantitative estimate of drug-likeness (QED) is 0.792. The number of anilines is 1. The largest absolute Gasteiger partial charge is 0.359 e. The number of rotatable bonds is 3. The normalized spacial score (nSPS) is 11.4. The lowest BCUT2D eigenvalue weighted by Gasteiger charge is -2.15. The fraction of sp³-hybridized carbons (Fsp3) is 0.667. The van der Waals surface area contributed by atoms with Crippen molar-refractivity contribution in [3.63, 3.8) is 0 Å². The molecule has 0 aromatic carbocycles. The van der Waals surface area contributed by atoms with E-state index in [0.717, 1.165) is 5.69 Å². The van der Waals surface area contributed by atoms with Gasteiger partial charge in [-0.3, -0.25) is 4.79 Å². The van der Waals surface area contributed by atoms with Gasteiger partial charge < -0.3 is 5.32 Å². The molecule has 1 heterocycles. The van der Waals surface area contributed by atoms with E-state index in [1.807, 2.05) is 20.8 Å². The van der Waals surface area contributed by atoms with Gasteiger partial charge in [0.15, 0.2) is 5.82 Å². The summed E-state index contributed by atoms with van der Waals surface area (Å²) in [5.74, 6) is 0.598. The summed E-state index contributed by atoms with van der Waals surface area (Å²) in [7, 11) is 0. The molecule has 14 heavy (non-hydrogen) atoms. The lowest BCUT2D eigenvalue weighted by Crippen LogP contribution is -2.17. The summed E-state index contributed by atoms with van der Waals surface area (Å²) in [6.45, 7) is 7.77. The summed E-state index contributed by atoms with van der Waals surface area (Å²) in [6, 6.07) is 0. The molecule has 0 saturated carbocycles. The van der Waals surface area contributed by atoms with E-state index in [1.54, 1.807) is 0 Å². The fourth-order valence-electron chi connectivity index (χ4n) is 1.00. The highest BCUT2D eigenvalue weighted by Crippen LogP contribution is 2.25. The van der Waals surface area contributed by atoms with Crippen LogP contribution >= 0.6 is 0 Å². The average Bonchev–Trinajstić information content (AvgIpc) is 2.46. The molecule has 0 radical (unpaired) electrons. The van der Waals surface area contributed by atoms with Crippen molar-refractivity contribution >= 4 is 11.6 Å². The third-order valence-corrected chi connectivity index (χ3v) is 1.70. The van der Waals surface area contributed by atoms with Crippen molar-refractivity contribution in [2.45, 2.75) is 33.1 Å². The zero-order chi connectivity index (χ0) is 10.8. The van der Waals surface area contributed by atoms with Crippen molar-refractivity contribution in [2.24, 2.45) is 0 Å². The van der Waals surface area contributed by atoms with Crippen LogP contribution in [-0.4, -0.2) is 22.6 Å². The molecule has 0 fully saturated rings. The van der Waals surface area contributed by atoms with Crippen LogP contribution in [0.3, 0.4) is 0 Å². The van der Waals surface area contributed by atoms with E-state index in [2.05, 4.69) is 20.3 Å². The third-order valence-electron chi connectivity index (χ3n) is 1.70. The Labute approximate surface area is 82.8 Å². The predicted molar refractivity (Wildman–Crippen MR) is 52.2 cm³/mol. The van der Waals surface area contributed by atoms with Gasteiger partial charge in [0.25, 0.3) is 0 Å². The van der Waals surface area contributed by atoms with Crippen molar-refractivity contribution in [2.75, 3.05) is 11.9 Å². The average molecular weight is 197 g/mol. The monoisotopic (exact) mass is 197 g/mol. The third kappa shape index (κ3) is 2.55. The second-order valence-corrected chi connectivity index (χ2v) is 4.27. The maximum absolute atomic E-state index is 10.8. The van der Waals surface area contributed by atoms with Crippen LogP contribution in [0.2, 0.25) is 0 Å². The number of nitrogens with zero attached hydrogens (tertiary/aromatic N) is 2. The number of carbonyl (C=O) groups excluding carboxylic acids is 1. The van der Waals surface area contributed by atoms with Crippen molar-refractivity contribution in [1.82, 2.24) is 10.3 Å². The summed E-state index contributed by atoms with van der Waals surface area (Å²) >= 11 is 0. The van der Waals surface area contributed by atoms with E-state index < -0.39 is 0 Å². The first-order chi connectivity index (χ1) is 6.41. The highest BCUT2D eigenvalue weighted by Gasteiger charge is 2.23. The van der Waals surface area contributed by atoms with Crippen LogP contribution in [0, 0.1) is 0 Å². The van der Waals surface area contributed by atoms with Crippen molar-refractivity contribution in [3.05, 3.63) is 5.69 Å². The van der Waals surface area contributed by atoms with E-state index in [0.29, 0.717) is 5.82 Å². The molecule has 1 aromatic rings. The molecule has 0 aliphatic carbocycles. The number of ketones is 1. The van der Waals surface area contributed by atoms with Crippen LogP contribution in [0.4, 0.5) is 5.82 Å². The molecular formula is C9H15N3O2. The van der Waals surface area contributed by atoms with Gasteiger partial charge in [0, 0.05) is 5.41 Å². The van der Waals surface area contributed by atoms with Gasteiger partial charge in [0.2, 0.25) is 0 Å². The van der Waals surface area contributed by atoms with Gasteiger partial charge in [0.1, 0.15) is 11.5 Å². The Morgan fingerprint density at radius 3 is 2.57 bits per heavy atom. The Morgan fingerprint density at radius 2 is 2.07 bits per heavy atom. The Hall–Kier alpha value is -1.39. The maximum Gasteiger partial charge on any atom is 0.195 e. The van der Waals surface area contributed by atoms with E-state index >= 15 is 0 Å². The highest BCUT2D eigenvalue weighted by atomic mass is 16.6. The smallest absolute Gasteiger partial charge is 0.195 e. The van der Waals surface area contributed by atoms with Crippen molar-refractivity contribution in [3.8, 4) is 0 Å². The Balaban J connectivity index is 2.78. The van der Waals surface area contributed by atoms with Crippen LogP contribution in [0.15, 0.2) is 4.63 Å². The van der Waals surface area contributed by atoms with Crippen LogP contribution in [0.5, 0.6) is 0 Å². The molecule has 0 saturated heterocycles. The summed E-state index contributed by atoms with van der Waals surface area (Å²) in [6.07, 6.45) is 0. The first kappa shape index (κ1) is 10.7. The summed E-state index contributed by atoms with van der Waals surface area (Å²) in [5.41, 5.74) is 0.595. The minimum Gasteiger partial charge on any atom is -0.359 e. The lowest BCUT2D eigenvalue weighted by atomic mass is 9.92. The molecule has 0 aliphatic rings. The zero-order valence-electron chi connectivity index (χ0n) is 8.92. The zero-order valence-corrected chi connectivity index (χ0v) is 8.92. The second kappa shape index (κ2) is 3.77. The number of hydrogen-bond donors (Lipinski definition) is 1. The van der Waals surface area contributed by atoms with Gasteiger partial charge in [-0.15, -0.1) is 0 Å². The Morgan fingerprint density at radius 1 is 1.43 bits per heavy atom. The van der Waals surface area contributed by atoms with Gasteiger partial charge >= 0.3 is 0 Å². The molecule has 0 atom stereocenters. The number of hydrogen-bond acceptors (Lipinski definition) is 5. The topological polar surface area (TPSA) is 68.0 Å². The van der Waals surface area contributed by atoms with Crippen LogP contribution in [-0.2, 0) is 10.2 Å². The molecule has 5 heteroatoms. The molecule has 78 valence electrons. The molecule has 1 N–H and O–H groups in total. The van der Waals surface area contributed by atoms with Crippen molar-refractivity contribution in [1.29, 1.82) is 0 Å². The molecule has 0 aliphatic heterocycles. The Bertz CT molecular complexity index is 325.